The average Bonchev–Trinajstić information content (AvgIpc) is 2.76. The molecule has 1 N–H and O–H groups in total. The summed E-state index contributed by atoms with van der Waals surface area (Å²) in [7, 11) is 4.81. The number of hydrogen-bond donors (Lipinski definition) is 1. The van der Waals surface area contributed by atoms with Crippen LogP contribution in [0.2, 0.25) is 0 Å². The summed E-state index contributed by atoms with van der Waals surface area (Å²) in [6.45, 7) is 7.97. The number of amides is 1. The van der Waals surface area contributed by atoms with Gasteiger partial charge < -0.3 is 34.1 Å². The summed E-state index contributed by atoms with van der Waals surface area (Å²) in [4.78, 5) is 20.5. The van der Waals surface area contributed by atoms with Crippen LogP contribution in [-0.2, 0) is 11.3 Å². The van der Waals surface area contributed by atoms with Crippen molar-refractivity contribution in [3.63, 3.8) is 0 Å². The van der Waals surface area contributed by atoms with E-state index in [1.807, 2.05) is 19.9 Å². The number of piperazine rings is 1. The summed E-state index contributed by atoms with van der Waals surface area (Å²) in [6, 6.07) is 3.68. The highest BCUT2D eigenvalue weighted by atomic mass is 127. The molecule has 0 spiro atoms. The van der Waals surface area contributed by atoms with Gasteiger partial charge in [-0.1, -0.05) is 0 Å². The minimum Gasteiger partial charge on any atom is -0.496 e. The Morgan fingerprint density at radius 1 is 0.967 bits per heavy atom. The van der Waals surface area contributed by atoms with E-state index in [4.69, 9.17) is 23.9 Å². The second-order valence-electron chi connectivity index (χ2n) is 6.36. The van der Waals surface area contributed by atoms with Gasteiger partial charge in [0.25, 0.3) is 0 Å². The molecule has 1 heterocycles. The molecule has 0 saturated carbocycles. The summed E-state index contributed by atoms with van der Waals surface area (Å²) in [5.74, 6) is 2.73. The molecule has 1 amide bonds. The molecular formula is C20H33IN4O5. The Kier molecular flexibility index (Phi) is 11.4. The minimum atomic E-state index is -0.260. The molecule has 9 nitrogen and oxygen atoms in total. The standard InChI is InChI=1S/C20H32N4O5.HI/c1-6-21-19(23-8-10-24(11-9-23)20(25)29-7-2)22-14-15-12-17(27-4)18(28-5)13-16(15)26-3;/h12-13H,6-11,14H2,1-5H3,(H,21,22);1H. The van der Waals surface area contributed by atoms with Gasteiger partial charge in [-0.05, 0) is 19.9 Å². The maximum atomic E-state index is 11.9. The Balaban J connectivity index is 0.00000450. The number of carbonyl (C=O) groups excluding carboxylic acids is 1. The number of rotatable bonds is 7. The van der Waals surface area contributed by atoms with Gasteiger partial charge in [0.05, 0.1) is 34.5 Å². The van der Waals surface area contributed by atoms with Crippen LogP contribution in [0.5, 0.6) is 17.2 Å². The fourth-order valence-corrected chi connectivity index (χ4v) is 3.12. The predicted molar refractivity (Wildman–Crippen MR) is 126 cm³/mol. The number of halogens is 1. The van der Waals surface area contributed by atoms with E-state index in [0.717, 1.165) is 18.1 Å². The molecule has 1 saturated heterocycles. The minimum absolute atomic E-state index is 0. The van der Waals surface area contributed by atoms with Gasteiger partial charge in [-0.15, -0.1) is 24.0 Å². The van der Waals surface area contributed by atoms with Gasteiger partial charge in [-0.2, -0.15) is 0 Å². The third-order valence-electron chi connectivity index (χ3n) is 4.63. The van der Waals surface area contributed by atoms with Gasteiger partial charge in [0.15, 0.2) is 17.5 Å². The number of nitrogens with one attached hydrogen (secondary N) is 1. The van der Waals surface area contributed by atoms with Gasteiger partial charge in [0.2, 0.25) is 0 Å². The van der Waals surface area contributed by atoms with Gasteiger partial charge >= 0.3 is 6.09 Å². The average molecular weight is 536 g/mol. The van der Waals surface area contributed by atoms with Crippen LogP contribution in [-0.4, -0.2) is 82.5 Å². The van der Waals surface area contributed by atoms with Gasteiger partial charge in [-0.3, -0.25) is 0 Å². The van der Waals surface area contributed by atoms with E-state index in [0.29, 0.717) is 56.6 Å². The quantitative estimate of drug-likeness (QED) is 0.326. The number of aliphatic imine (C=N–C) groups is 1. The summed E-state index contributed by atoms with van der Waals surface area (Å²) in [5, 5.41) is 3.32. The lowest BCUT2D eigenvalue weighted by Crippen LogP contribution is -2.53. The highest BCUT2D eigenvalue weighted by Gasteiger charge is 2.23. The molecule has 0 aromatic heterocycles. The molecule has 0 bridgehead atoms. The van der Waals surface area contributed by atoms with Crippen LogP contribution in [0.15, 0.2) is 17.1 Å². The van der Waals surface area contributed by atoms with Gasteiger partial charge in [0.1, 0.15) is 5.75 Å². The van der Waals surface area contributed by atoms with Crippen molar-refractivity contribution in [1.29, 1.82) is 0 Å². The zero-order valence-electron chi connectivity index (χ0n) is 18.4. The van der Waals surface area contributed by atoms with Crippen molar-refractivity contribution in [2.75, 3.05) is 60.7 Å². The Hall–Kier alpha value is -2.11. The monoisotopic (exact) mass is 536 g/mol. The molecule has 1 aliphatic heterocycles. The maximum absolute atomic E-state index is 11.9. The van der Waals surface area contributed by atoms with Crippen LogP contribution in [0.1, 0.15) is 19.4 Å². The summed E-state index contributed by atoms with van der Waals surface area (Å²) < 4.78 is 21.3. The Bertz CT molecular complexity index is 709. The smallest absolute Gasteiger partial charge is 0.409 e. The van der Waals surface area contributed by atoms with Crippen molar-refractivity contribution in [1.82, 2.24) is 15.1 Å². The lowest BCUT2D eigenvalue weighted by molar-refractivity contribution is 0.0914. The van der Waals surface area contributed by atoms with E-state index in [-0.39, 0.29) is 30.1 Å². The fourth-order valence-electron chi connectivity index (χ4n) is 3.12. The van der Waals surface area contributed by atoms with Crippen LogP contribution < -0.4 is 19.5 Å². The van der Waals surface area contributed by atoms with E-state index in [2.05, 4.69) is 10.2 Å². The fraction of sp³-hybridized carbons (Fsp3) is 0.600. The van der Waals surface area contributed by atoms with Crippen molar-refractivity contribution in [2.45, 2.75) is 20.4 Å². The molecule has 1 fully saturated rings. The van der Waals surface area contributed by atoms with Crippen LogP contribution >= 0.6 is 24.0 Å². The van der Waals surface area contributed by atoms with E-state index in [1.165, 1.54) is 0 Å². The molecule has 170 valence electrons. The topological polar surface area (TPSA) is 84.9 Å². The molecule has 0 unspecified atom stereocenters. The van der Waals surface area contributed by atoms with Gasteiger partial charge in [-0.25, -0.2) is 9.79 Å². The molecule has 0 radical (unpaired) electrons. The van der Waals surface area contributed by atoms with E-state index >= 15 is 0 Å². The maximum Gasteiger partial charge on any atom is 0.409 e. The van der Waals surface area contributed by atoms with Crippen LogP contribution in [0, 0.1) is 0 Å². The first-order valence-corrected chi connectivity index (χ1v) is 9.81. The second-order valence-corrected chi connectivity index (χ2v) is 6.36. The molecule has 30 heavy (non-hydrogen) atoms. The third kappa shape index (κ3) is 6.71. The molecule has 10 heteroatoms. The van der Waals surface area contributed by atoms with Crippen LogP contribution in [0.25, 0.3) is 0 Å². The highest BCUT2D eigenvalue weighted by Crippen LogP contribution is 2.34. The number of guanidine groups is 1. The van der Waals surface area contributed by atoms with Crippen molar-refractivity contribution in [3.8, 4) is 17.2 Å². The third-order valence-corrected chi connectivity index (χ3v) is 4.63. The van der Waals surface area contributed by atoms with E-state index < -0.39 is 0 Å². The number of hydrogen-bond acceptors (Lipinski definition) is 6. The largest absolute Gasteiger partial charge is 0.496 e. The first kappa shape index (κ1) is 25.9. The van der Waals surface area contributed by atoms with Crippen molar-refractivity contribution in [3.05, 3.63) is 17.7 Å². The number of methoxy groups -OCH3 is 3. The molecule has 1 aromatic rings. The molecular weight excluding hydrogens is 503 g/mol. The first-order valence-electron chi connectivity index (χ1n) is 9.81. The lowest BCUT2D eigenvalue weighted by Gasteiger charge is -2.35. The van der Waals surface area contributed by atoms with Crippen LogP contribution in [0.3, 0.4) is 0 Å². The molecule has 0 aliphatic carbocycles. The Labute approximate surface area is 195 Å². The Morgan fingerprint density at radius 3 is 2.07 bits per heavy atom. The zero-order chi connectivity index (χ0) is 21.2. The molecule has 0 atom stereocenters. The zero-order valence-corrected chi connectivity index (χ0v) is 20.7. The van der Waals surface area contributed by atoms with E-state index in [9.17, 15) is 4.79 Å². The summed E-state index contributed by atoms with van der Waals surface area (Å²) in [6.07, 6.45) is -0.260. The van der Waals surface area contributed by atoms with Crippen LogP contribution in [0.4, 0.5) is 4.79 Å². The van der Waals surface area contributed by atoms with Crippen molar-refractivity contribution < 1.29 is 23.7 Å². The first-order chi connectivity index (χ1) is 14.1. The lowest BCUT2D eigenvalue weighted by atomic mass is 10.1. The predicted octanol–water partition coefficient (Wildman–Crippen LogP) is 2.57. The number of ether oxygens (including phenoxy) is 4. The normalized spacial score (nSPS) is 14.0. The summed E-state index contributed by atoms with van der Waals surface area (Å²) >= 11 is 0. The summed E-state index contributed by atoms with van der Waals surface area (Å²) in [5.41, 5.74) is 0.894. The Morgan fingerprint density at radius 2 is 1.53 bits per heavy atom. The number of nitrogens with zero attached hydrogens (tertiary/aromatic N) is 3. The van der Waals surface area contributed by atoms with Gasteiger partial charge in [0, 0.05) is 44.4 Å². The van der Waals surface area contributed by atoms with Crippen molar-refractivity contribution >= 4 is 36.0 Å². The highest BCUT2D eigenvalue weighted by molar-refractivity contribution is 14.0. The molecule has 1 aromatic carbocycles. The number of carbonyl (C=O) groups is 1. The number of benzene rings is 1. The van der Waals surface area contributed by atoms with Crippen molar-refractivity contribution in [2.24, 2.45) is 4.99 Å². The molecule has 1 aliphatic rings. The second kappa shape index (κ2) is 13.2. The SMILES string of the molecule is CCNC(=NCc1cc(OC)c(OC)cc1OC)N1CCN(C(=O)OCC)CC1.I. The van der Waals surface area contributed by atoms with E-state index in [1.54, 1.807) is 32.3 Å². The molecule has 2 rings (SSSR count).